The topological polar surface area (TPSA) is 75.6 Å². The first kappa shape index (κ1) is 18.9. The quantitative estimate of drug-likeness (QED) is 0.729. The standard InChI is InChI=1S/C19H23F3N6/c1-17(6-7-17)10-23-15-26-14(12-4-3-5-13(25-12)19(20,21)22)27-16(28-15)24-11-18(2)8-9-18/h3-5H,6-11H2,1-2H3,(H2,23,24,26,27,28). The van der Waals surface area contributed by atoms with Gasteiger partial charge in [-0.2, -0.15) is 28.1 Å². The monoisotopic (exact) mass is 392 g/mol. The van der Waals surface area contributed by atoms with Crippen molar-refractivity contribution in [3.63, 3.8) is 0 Å². The minimum Gasteiger partial charge on any atom is -0.354 e. The zero-order valence-corrected chi connectivity index (χ0v) is 15.9. The molecule has 28 heavy (non-hydrogen) atoms. The number of pyridine rings is 1. The Bertz CT molecular complexity index is 834. The second-order valence-corrected chi connectivity index (χ2v) is 8.54. The number of aromatic nitrogens is 4. The average molecular weight is 392 g/mol. The number of hydrogen-bond acceptors (Lipinski definition) is 6. The zero-order chi connectivity index (χ0) is 20.0. The first-order chi connectivity index (χ1) is 13.1. The molecule has 2 aromatic heterocycles. The SMILES string of the molecule is CC1(CNc2nc(NCC3(C)CC3)nc(-c3cccc(C(F)(F)F)n3)n2)CC1. The molecule has 0 aliphatic heterocycles. The van der Waals surface area contributed by atoms with E-state index in [1.807, 2.05) is 0 Å². The van der Waals surface area contributed by atoms with Crippen molar-refractivity contribution in [3.05, 3.63) is 23.9 Å². The van der Waals surface area contributed by atoms with Gasteiger partial charge in [0.05, 0.1) is 0 Å². The minimum absolute atomic E-state index is 0.0681. The van der Waals surface area contributed by atoms with E-state index in [1.54, 1.807) is 0 Å². The molecule has 2 N–H and O–H groups in total. The maximum absolute atomic E-state index is 13.0. The van der Waals surface area contributed by atoms with Gasteiger partial charge in [-0.15, -0.1) is 0 Å². The van der Waals surface area contributed by atoms with Crippen molar-refractivity contribution in [2.75, 3.05) is 23.7 Å². The third-order valence-corrected chi connectivity index (χ3v) is 5.46. The molecule has 4 rings (SSSR count). The Hall–Kier alpha value is -2.45. The van der Waals surface area contributed by atoms with E-state index in [0.29, 0.717) is 25.0 Å². The molecule has 0 spiro atoms. The summed E-state index contributed by atoms with van der Waals surface area (Å²) in [6, 6.07) is 3.72. The number of rotatable bonds is 7. The summed E-state index contributed by atoms with van der Waals surface area (Å²) in [5.41, 5.74) is -0.434. The Kier molecular flexibility index (Phi) is 4.43. The van der Waals surface area contributed by atoms with Crippen LogP contribution in [0.25, 0.3) is 11.5 Å². The number of halogens is 3. The summed E-state index contributed by atoms with van der Waals surface area (Å²) in [5, 5.41) is 6.41. The predicted molar refractivity (Wildman–Crippen MR) is 99.7 cm³/mol. The third kappa shape index (κ3) is 4.51. The van der Waals surface area contributed by atoms with Crippen molar-refractivity contribution < 1.29 is 13.2 Å². The first-order valence-corrected chi connectivity index (χ1v) is 9.43. The van der Waals surface area contributed by atoms with Gasteiger partial charge in [-0.1, -0.05) is 19.9 Å². The number of hydrogen-bond donors (Lipinski definition) is 2. The molecule has 0 aromatic carbocycles. The molecule has 2 saturated carbocycles. The minimum atomic E-state index is -4.52. The fourth-order valence-corrected chi connectivity index (χ4v) is 2.73. The van der Waals surface area contributed by atoms with Crippen LogP contribution in [0.5, 0.6) is 0 Å². The Morgan fingerprint density at radius 2 is 1.39 bits per heavy atom. The molecular formula is C19H23F3N6. The molecule has 2 aliphatic rings. The highest BCUT2D eigenvalue weighted by Gasteiger charge is 2.38. The summed E-state index contributed by atoms with van der Waals surface area (Å²) >= 11 is 0. The molecule has 2 aromatic rings. The van der Waals surface area contributed by atoms with Crippen LogP contribution in [-0.4, -0.2) is 33.0 Å². The van der Waals surface area contributed by atoms with E-state index in [4.69, 9.17) is 0 Å². The number of nitrogens with one attached hydrogen (secondary N) is 2. The van der Waals surface area contributed by atoms with Crippen molar-refractivity contribution in [2.45, 2.75) is 45.7 Å². The lowest BCUT2D eigenvalue weighted by Crippen LogP contribution is -2.18. The van der Waals surface area contributed by atoms with Crippen LogP contribution >= 0.6 is 0 Å². The highest BCUT2D eigenvalue weighted by molar-refractivity contribution is 5.54. The summed E-state index contributed by atoms with van der Waals surface area (Å²) < 4.78 is 39.1. The maximum atomic E-state index is 13.0. The first-order valence-electron chi connectivity index (χ1n) is 9.43. The van der Waals surface area contributed by atoms with Gasteiger partial charge in [0.2, 0.25) is 11.9 Å². The average Bonchev–Trinajstić information content (AvgIpc) is 3.58. The van der Waals surface area contributed by atoms with Gasteiger partial charge in [-0.25, -0.2) is 4.98 Å². The molecule has 2 aliphatic carbocycles. The smallest absolute Gasteiger partial charge is 0.354 e. The molecule has 0 atom stereocenters. The molecule has 0 radical (unpaired) electrons. The summed E-state index contributed by atoms with van der Waals surface area (Å²) in [6.45, 7) is 5.76. The molecule has 0 bridgehead atoms. The van der Waals surface area contributed by atoms with Crippen molar-refractivity contribution >= 4 is 11.9 Å². The van der Waals surface area contributed by atoms with Gasteiger partial charge in [0.1, 0.15) is 11.4 Å². The van der Waals surface area contributed by atoms with Gasteiger partial charge in [-0.3, -0.25) is 0 Å². The number of nitrogens with zero attached hydrogens (tertiary/aromatic N) is 4. The second-order valence-electron chi connectivity index (χ2n) is 8.54. The van der Waals surface area contributed by atoms with Gasteiger partial charge >= 0.3 is 6.18 Å². The van der Waals surface area contributed by atoms with E-state index in [-0.39, 0.29) is 22.3 Å². The molecule has 9 heteroatoms. The van der Waals surface area contributed by atoms with Crippen LogP contribution < -0.4 is 10.6 Å². The van der Waals surface area contributed by atoms with E-state index < -0.39 is 11.9 Å². The summed E-state index contributed by atoms with van der Waals surface area (Å²) in [6.07, 6.45) is 0.0205. The largest absolute Gasteiger partial charge is 0.433 e. The van der Waals surface area contributed by atoms with Gasteiger partial charge < -0.3 is 10.6 Å². The van der Waals surface area contributed by atoms with E-state index in [0.717, 1.165) is 31.7 Å². The Morgan fingerprint density at radius 3 is 1.86 bits per heavy atom. The molecule has 0 unspecified atom stereocenters. The van der Waals surface area contributed by atoms with Crippen LogP contribution in [0.1, 0.15) is 45.2 Å². The highest BCUT2D eigenvalue weighted by atomic mass is 19.4. The van der Waals surface area contributed by atoms with Crippen LogP contribution in [0.15, 0.2) is 18.2 Å². The van der Waals surface area contributed by atoms with Crippen LogP contribution in [0.3, 0.4) is 0 Å². The zero-order valence-electron chi connectivity index (χ0n) is 15.9. The summed E-state index contributed by atoms with van der Waals surface area (Å²) in [4.78, 5) is 16.7. The second kappa shape index (κ2) is 6.56. The number of anilines is 2. The van der Waals surface area contributed by atoms with Crippen LogP contribution in [-0.2, 0) is 6.18 Å². The van der Waals surface area contributed by atoms with Crippen molar-refractivity contribution in [1.29, 1.82) is 0 Å². The fourth-order valence-electron chi connectivity index (χ4n) is 2.73. The Morgan fingerprint density at radius 1 is 0.857 bits per heavy atom. The Labute approximate surface area is 161 Å². The predicted octanol–water partition coefficient (Wildman–Crippen LogP) is 4.38. The van der Waals surface area contributed by atoms with Gasteiger partial charge in [-0.05, 0) is 48.6 Å². The third-order valence-electron chi connectivity index (χ3n) is 5.46. The lowest BCUT2D eigenvalue weighted by atomic mass is 10.1. The van der Waals surface area contributed by atoms with Crippen molar-refractivity contribution in [1.82, 2.24) is 19.9 Å². The van der Waals surface area contributed by atoms with E-state index in [9.17, 15) is 13.2 Å². The molecule has 6 nitrogen and oxygen atoms in total. The molecule has 2 fully saturated rings. The van der Waals surface area contributed by atoms with Crippen LogP contribution in [0.2, 0.25) is 0 Å². The number of alkyl halides is 3. The fraction of sp³-hybridized carbons (Fsp3) is 0.579. The summed E-state index contributed by atoms with van der Waals surface area (Å²) in [7, 11) is 0. The van der Waals surface area contributed by atoms with E-state index in [1.165, 1.54) is 12.1 Å². The summed E-state index contributed by atoms with van der Waals surface area (Å²) in [5.74, 6) is 0.814. The highest BCUT2D eigenvalue weighted by Crippen LogP contribution is 2.45. The molecular weight excluding hydrogens is 369 g/mol. The molecule has 0 amide bonds. The normalized spacial score (nSPS) is 19.2. The molecule has 150 valence electrons. The maximum Gasteiger partial charge on any atom is 0.433 e. The van der Waals surface area contributed by atoms with E-state index >= 15 is 0 Å². The Balaban J connectivity index is 1.62. The van der Waals surface area contributed by atoms with Gasteiger partial charge in [0, 0.05) is 13.1 Å². The van der Waals surface area contributed by atoms with Crippen molar-refractivity contribution in [3.8, 4) is 11.5 Å². The van der Waals surface area contributed by atoms with E-state index in [2.05, 4.69) is 44.4 Å². The molecule has 0 saturated heterocycles. The van der Waals surface area contributed by atoms with Gasteiger partial charge in [0.15, 0.2) is 5.82 Å². The lowest BCUT2D eigenvalue weighted by Gasteiger charge is -2.14. The van der Waals surface area contributed by atoms with Crippen LogP contribution in [0, 0.1) is 10.8 Å². The molecule has 2 heterocycles. The van der Waals surface area contributed by atoms with Gasteiger partial charge in [0.25, 0.3) is 0 Å². The van der Waals surface area contributed by atoms with Crippen molar-refractivity contribution in [2.24, 2.45) is 10.8 Å². The van der Waals surface area contributed by atoms with Crippen LogP contribution in [0.4, 0.5) is 25.1 Å². The lowest BCUT2D eigenvalue weighted by molar-refractivity contribution is -0.141.